The number of ether oxygens (including phenoxy) is 3. The molecule has 10 aromatic carbocycles. The number of likely N-dealkylation sites (N-methyl/N-ethyl adjacent to an activating group) is 1. The second-order valence-corrected chi connectivity index (χ2v) is 37.1. The van der Waals surface area contributed by atoms with E-state index < -0.39 is 0 Å². The number of furan rings is 1. The summed E-state index contributed by atoms with van der Waals surface area (Å²) in [5.74, 6) is 8.17. The number of rotatable bonds is 30. The van der Waals surface area contributed by atoms with Gasteiger partial charge in [0, 0.05) is 116 Å². The van der Waals surface area contributed by atoms with Crippen LogP contribution in [0.25, 0.3) is 11.0 Å². The first kappa shape index (κ1) is 94.2. The van der Waals surface area contributed by atoms with Crippen molar-refractivity contribution in [3.05, 3.63) is 327 Å². The Bertz CT molecular complexity index is 5620. The van der Waals surface area contributed by atoms with Gasteiger partial charge in [-0.25, -0.2) is 4.39 Å². The molecular formula is C100H107Br5Cl3FN12O4. The van der Waals surface area contributed by atoms with Gasteiger partial charge in [0.25, 0.3) is 0 Å². The van der Waals surface area contributed by atoms with Gasteiger partial charge in [-0.1, -0.05) is 219 Å². The standard InChI is InChI=1S/C24H28BrClN2O.C21H25BrClN3O.C19H21BrClN3O.C19H17BrN2O.C17H16BrFN2/c25-19-10-12-23(29-16-17-5-2-1-3-6-17)18(15-19)9-11-20-21(7-4-8-22(20)26)24-27-13-14-28-24;1-26(2)12-13-27-20-9-7-16(22)14-15(20)6-8-17-18(4-3-5-19(17)23)21-24-10-11-25-21;20-14-5-7-18(25-11-8-22)13(12-14)4-6-15-16(2-1-3-17(15)21)19-23-9-10-24-19;20-16-11-14(18-15(12-16)7-10-23-18)6-5-13-3-1-2-4-17(13)19-21-8-9-22-19;18-16-8-7-14(19)11-13(16)6-5-12-3-1-2-4-15(12)17-20-9-10-21-17/h4,7-8,10,12,15,17H,1-3,5-6,9,11,13-14,16H2,(H,27,28);3-5,7,9,14H,6,8,10-13H2,1-2H3,(H,24,25);1-3,5,7,12H,4,6,8-11,22H2,(H,23,24);1-4,7,10-12H,5-6,8-9H2,(H,21,22);1-4,7-8,11H,5-6,9-10H2,(H,20,21). The van der Waals surface area contributed by atoms with Gasteiger partial charge in [0.05, 0.1) is 45.6 Å². The van der Waals surface area contributed by atoms with E-state index in [0.29, 0.717) is 25.7 Å². The highest BCUT2D eigenvalue weighted by atomic mass is 79.9. The van der Waals surface area contributed by atoms with Crippen LogP contribution in [-0.2, 0) is 64.2 Å². The van der Waals surface area contributed by atoms with Crippen molar-refractivity contribution < 1.29 is 23.0 Å². The SMILES string of the molecule is Brc1cc(CCc2ccccc2C2=NCCN2)c2occc2c1.CN(C)CCOc1ccc(Br)cc1CCc1c(Cl)cccc1C1=NCCN1.Clc1cccc(C2=NCCN2)c1CCc1cc(Br)ccc1OCC1CCCCC1.Fc1ccc(Br)c(CCc2ccccc2C2=NCCN2)c1.NCCOc1ccc(Br)cc1CCc1c(Cl)cccc1C1=NCCN1. The van der Waals surface area contributed by atoms with Gasteiger partial charge < -0.3 is 55.8 Å². The lowest BCUT2D eigenvalue weighted by atomic mass is 9.90. The molecule has 6 aliphatic rings. The van der Waals surface area contributed by atoms with Crippen LogP contribution in [0.3, 0.4) is 0 Å². The topological polar surface area (TPSA) is 192 Å². The second-order valence-electron chi connectivity index (χ2n) is 31.4. The van der Waals surface area contributed by atoms with E-state index >= 15 is 0 Å². The maximum absolute atomic E-state index is 13.3. The van der Waals surface area contributed by atoms with Gasteiger partial charge in [-0.05, 0) is 262 Å². The lowest BCUT2D eigenvalue weighted by molar-refractivity contribution is 0.207. The molecule has 0 unspecified atom stereocenters. The molecule has 1 aromatic heterocycles. The van der Waals surface area contributed by atoms with E-state index in [0.717, 1.165) is 288 Å². The zero-order valence-electron chi connectivity index (χ0n) is 70.6. The van der Waals surface area contributed by atoms with Crippen LogP contribution < -0.4 is 46.5 Å². The molecule has 17 rings (SSSR count). The van der Waals surface area contributed by atoms with E-state index in [2.05, 4.69) is 233 Å². The van der Waals surface area contributed by atoms with Crippen LogP contribution in [0.1, 0.15) is 116 Å². The van der Waals surface area contributed by atoms with Crippen molar-refractivity contribution in [3.63, 3.8) is 0 Å². The Morgan fingerprint density at radius 2 is 0.792 bits per heavy atom. The molecule has 0 saturated heterocycles. The van der Waals surface area contributed by atoms with Gasteiger partial charge in [0.15, 0.2) is 0 Å². The third-order valence-corrected chi connectivity index (χ3v) is 26.1. The summed E-state index contributed by atoms with van der Waals surface area (Å²) in [7, 11) is 4.09. The van der Waals surface area contributed by atoms with Crippen molar-refractivity contribution in [2.24, 2.45) is 36.6 Å². The summed E-state index contributed by atoms with van der Waals surface area (Å²) in [6.45, 7) is 12.0. The lowest BCUT2D eigenvalue weighted by Gasteiger charge is -2.22. The monoisotopic (exact) mass is 2060 g/mol. The maximum Gasteiger partial charge on any atom is 0.137 e. The molecule has 0 atom stereocenters. The molecule has 11 aromatic rings. The van der Waals surface area contributed by atoms with Crippen molar-refractivity contribution in [2.75, 3.05) is 112 Å². The molecule has 0 bridgehead atoms. The molecule has 0 amide bonds. The van der Waals surface area contributed by atoms with Crippen molar-refractivity contribution in [2.45, 2.75) is 96.3 Å². The predicted molar refractivity (Wildman–Crippen MR) is 532 cm³/mol. The Hall–Kier alpha value is -8.39. The first-order chi connectivity index (χ1) is 61.0. The highest BCUT2D eigenvalue weighted by Gasteiger charge is 2.23. The molecule has 16 nitrogen and oxygen atoms in total. The Morgan fingerprint density at radius 3 is 1.22 bits per heavy atom. The summed E-state index contributed by atoms with van der Waals surface area (Å²) in [4.78, 5) is 24.8. The molecule has 1 saturated carbocycles. The molecule has 0 spiro atoms. The molecule has 25 heteroatoms. The maximum atomic E-state index is 13.3. The molecular weight excluding hydrogens is 1960 g/mol. The van der Waals surface area contributed by atoms with E-state index in [1.54, 1.807) is 18.4 Å². The van der Waals surface area contributed by atoms with E-state index in [1.807, 2.05) is 93.0 Å². The fourth-order valence-electron chi connectivity index (χ4n) is 16.0. The quantitative estimate of drug-likeness (QED) is 0.0251. The fraction of sp³-hybridized carbons (Fsp3) is 0.330. The average molecular weight is 2070 g/mol. The summed E-state index contributed by atoms with van der Waals surface area (Å²) in [6, 6.07) is 64.5. The second kappa shape index (κ2) is 48.7. The fourth-order valence-corrected chi connectivity index (χ4v) is 19.0. The number of benzene rings is 10. The summed E-state index contributed by atoms with van der Waals surface area (Å²) in [6.07, 6.45) is 17.0. The number of nitrogens with two attached hydrogens (primary N) is 1. The Labute approximate surface area is 791 Å². The molecule has 5 aliphatic heterocycles. The van der Waals surface area contributed by atoms with Crippen molar-refractivity contribution in [1.29, 1.82) is 0 Å². The van der Waals surface area contributed by atoms with Crippen LogP contribution in [0.4, 0.5) is 4.39 Å². The van der Waals surface area contributed by atoms with E-state index in [9.17, 15) is 4.39 Å². The van der Waals surface area contributed by atoms with Crippen LogP contribution in [0, 0.1) is 11.7 Å². The van der Waals surface area contributed by atoms with Gasteiger partial charge in [-0.15, -0.1) is 0 Å². The minimum Gasteiger partial charge on any atom is -0.493 e. The lowest BCUT2D eigenvalue weighted by Crippen LogP contribution is -2.21. The molecule has 6 heterocycles. The van der Waals surface area contributed by atoms with Gasteiger partial charge in [0.1, 0.15) is 71.0 Å². The number of halogens is 9. The third kappa shape index (κ3) is 27.6. The van der Waals surface area contributed by atoms with Crippen LogP contribution in [-0.4, -0.2) is 147 Å². The minimum atomic E-state index is -0.191. The summed E-state index contributed by atoms with van der Waals surface area (Å²) < 4.78 is 42.3. The number of amidine groups is 5. The largest absolute Gasteiger partial charge is 0.493 e. The highest BCUT2D eigenvalue weighted by molar-refractivity contribution is 9.11. The number of nitrogens with zero attached hydrogens (tertiary/aromatic N) is 6. The minimum absolute atomic E-state index is 0.191. The molecule has 1 fully saturated rings. The highest BCUT2D eigenvalue weighted by Crippen LogP contribution is 2.35. The smallest absolute Gasteiger partial charge is 0.137 e. The normalized spacial score (nSPS) is 14.5. The van der Waals surface area contributed by atoms with Crippen LogP contribution >= 0.6 is 114 Å². The number of fused-ring (bicyclic) bond motifs is 1. The number of nitrogens with one attached hydrogen (secondary N) is 5. The third-order valence-electron chi connectivity index (χ3n) is 22.3. The zero-order valence-corrected chi connectivity index (χ0v) is 80.8. The van der Waals surface area contributed by atoms with Gasteiger partial charge in [-0.3, -0.25) is 25.0 Å². The molecule has 7 N–H and O–H groups in total. The Balaban J connectivity index is 0.000000135. The van der Waals surface area contributed by atoms with Gasteiger partial charge in [-0.2, -0.15) is 0 Å². The first-order valence-electron chi connectivity index (χ1n) is 43.1. The first-order valence-corrected chi connectivity index (χ1v) is 48.2. The Kier molecular flexibility index (Phi) is 36.7. The average Bonchev–Trinajstić information content (AvgIpc) is 1.75. The van der Waals surface area contributed by atoms with E-state index in [-0.39, 0.29) is 5.82 Å². The van der Waals surface area contributed by atoms with E-state index in [1.165, 1.54) is 71.6 Å². The van der Waals surface area contributed by atoms with Crippen molar-refractivity contribution in [1.82, 2.24) is 31.5 Å². The summed E-state index contributed by atoms with van der Waals surface area (Å²) >= 11 is 37.4. The summed E-state index contributed by atoms with van der Waals surface area (Å²) in [5.41, 5.74) is 23.9. The van der Waals surface area contributed by atoms with Gasteiger partial charge >= 0.3 is 0 Å². The van der Waals surface area contributed by atoms with Crippen LogP contribution in [0.2, 0.25) is 15.1 Å². The van der Waals surface area contributed by atoms with Crippen molar-refractivity contribution in [3.8, 4) is 17.2 Å². The molecule has 1 aliphatic carbocycles. The van der Waals surface area contributed by atoms with Crippen molar-refractivity contribution >= 4 is 155 Å². The number of aliphatic imine (C=N–C) groups is 5. The molecule has 0 radical (unpaired) electrons. The zero-order chi connectivity index (χ0) is 87.2. The predicted octanol–water partition coefficient (Wildman–Crippen LogP) is 22.0. The molecule has 654 valence electrons. The number of hydrogen-bond acceptors (Lipinski definition) is 16. The molecule has 125 heavy (non-hydrogen) atoms. The van der Waals surface area contributed by atoms with Gasteiger partial charge in [0.2, 0.25) is 0 Å². The number of hydrogen-bond donors (Lipinski definition) is 6. The number of aryl methyl sites for hydroxylation is 7. The van der Waals surface area contributed by atoms with E-state index in [4.69, 9.17) is 59.2 Å². The van der Waals surface area contributed by atoms with Crippen LogP contribution in [0.5, 0.6) is 17.2 Å². The summed E-state index contributed by atoms with van der Waals surface area (Å²) in [5, 5.41) is 20.2. The Morgan fingerprint density at radius 1 is 0.400 bits per heavy atom. The van der Waals surface area contributed by atoms with Crippen LogP contribution in [0.15, 0.2) is 252 Å².